The maximum atomic E-state index is 5.88. The Hall–Kier alpha value is -0.120. The van der Waals surface area contributed by atoms with Gasteiger partial charge in [0.2, 0.25) is 0 Å². The van der Waals surface area contributed by atoms with Crippen molar-refractivity contribution in [3.8, 4) is 0 Å². The molecule has 3 nitrogen and oxygen atoms in total. The first-order chi connectivity index (χ1) is 6.97. The lowest BCUT2D eigenvalue weighted by Gasteiger charge is -2.36. The van der Waals surface area contributed by atoms with Gasteiger partial charge in [0.15, 0.2) is 0 Å². The fourth-order valence-corrected chi connectivity index (χ4v) is 1.93. The first kappa shape index (κ1) is 12.9. The van der Waals surface area contributed by atoms with Gasteiger partial charge in [-0.3, -0.25) is 0 Å². The molecule has 0 aromatic heterocycles. The Morgan fingerprint density at radius 2 is 1.87 bits per heavy atom. The van der Waals surface area contributed by atoms with E-state index in [1.807, 2.05) is 0 Å². The summed E-state index contributed by atoms with van der Waals surface area (Å²) in [4.78, 5) is 0. The molecule has 0 atom stereocenters. The molecular formula is C12H25NO2. The summed E-state index contributed by atoms with van der Waals surface area (Å²) in [6.45, 7) is 9.54. The van der Waals surface area contributed by atoms with E-state index in [0.717, 1.165) is 45.6 Å². The van der Waals surface area contributed by atoms with Crippen molar-refractivity contribution in [1.29, 1.82) is 0 Å². The predicted molar refractivity (Wildman–Crippen MR) is 61.9 cm³/mol. The molecular weight excluding hydrogens is 190 g/mol. The van der Waals surface area contributed by atoms with Gasteiger partial charge in [0.25, 0.3) is 0 Å². The van der Waals surface area contributed by atoms with E-state index in [4.69, 9.17) is 15.2 Å². The maximum absolute atomic E-state index is 5.88. The zero-order valence-electron chi connectivity index (χ0n) is 10.3. The normalized spacial score (nSPS) is 21.6. The Labute approximate surface area is 93.3 Å². The summed E-state index contributed by atoms with van der Waals surface area (Å²) >= 11 is 0. The van der Waals surface area contributed by atoms with E-state index in [9.17, 15) is 0 Å². The summed E-state index contributed by atoms with van der Waals surface area (Å²) in [6.07, 6.45) is 3.22. The van der Waals surface area contributed by atoms with Gasteiger partial charge < -0.3 is 15.2 Å². The van der Waals surface area contributed by atoms with Gasteiger partial charge in [-0.05, 0) is 52.0 Å². The molecule has 0 amide bonds. The van der Waals surface area contributed by atoms with E-state index in [1.165, 1.54) is 0 Å². The van der Waals surface area contributed by atoms with Crippen LogP contribution in [0.1, 0.15) is 40.0 Å². The molecule has 0 unspecified atom stereocenters. The lowest BCUT2D eigenvalue weighted by Crippen LogP contribution is -2.38. The minimum atomic E-state index is -0.0407. The Morgan fingerprint density at radius 1 is 1.27 bits per heavy atom. The predicted octanol–water partition coefficient (Wildman–Crippen LogP) is 1.95. The lowest BCUT2D eigenvalue weighted by atomic mass is 9.77. The molecule has 0 aliphatic carbocycles. The van der Waals surface area contributed by atoms with Crippen LogP contribution in [-0.2, 0) is 9.47 Å². The number of nitrogens with two attached hydrogens (primary N) is 1. The third-order valence-electron chi connectivity index (χ3n) is 3.15. The number of hydrogen-bond donors (Lipinski definition) is 1. The summed E-state index contributed by atoms with van der Waals surface area (Å²) in [5.41, 5.74) is 6.10. The van der Waals surface area contributed by atoms with E-state index >= 15 is 0 Å². The van der Waals surface area contributed by atoms with Gasteiger partial charge in [-0.2, -0.15) is 0 Å². The summed E-state index contributed by atoms with van der Waals surface area (Å²) in [6, 6.07) is 0. The molecule has 0 aromatic carbocycles. The molecule has 2 N–H and O–H groups in total. The van der Waals surface area contributed by atoms with Gasteiger partial charge in [0, 0.05) is 19.8 Å². The second-order valence-corrected chi connectivity index (χ2v) is 5.53. The molecule has 0 bridgehead atoms. The van der Waals surface area contributed by atoms with Crippen molar-refractivity contribution in [3.63, 3.8) is 0 Å². The fraction of sp³-hybridized carbons (Fsp3) is 1.00. The van der Waals surface area contributed by atoms with Crippen molar-refractivity contribution < 1.29 is 9.47 Å². The topological polar surface area (TPSA) is 44.5 Å². The third kappa shape index (κ3) is 4.49. The van der Waals surface area contributed by atoms with Gasteiger partial charge in [-0.25, -0.2) is 0 Å². The quantitative estimate of drug-likeness (QED) is 0.779. The molecule has 1 saturated heterocycles. The lowest BCUT2D eigenvalue weighted by molar-refractivity contribution is -0.0409. The Bertz CT molecular complexity index is 181. The molecule has 0 spiro atoms. The number of rotatable bonds is 4. The first-order valence-electron chi connectivity index (χ1n) is 5.89. The Morgan fingerprint density at radius 3 is 2.33 bits per heavy atom. The van der Waals surface area contributed by atoms with Crippen LogP contribution in [0.15, 0.2) is 0 Å². The van der Waals surface area contributed by atoms with Crippen LogP contribution in [0.4, 0.5) is 0 Å². The number of ether oxygens (including phenoxy) is 2. The van der Waals surface area contributed by atoms with Gasteiger partial charge in [-0.15, -0.1) is 0 Å². The first-order valence-corrected chi connectivity index (χ1v) is 5.89. The highest BCUT2D eigenvalue weighted by Crippen LogP contribution is 2.33. The van der Waals surface area contributed by atoms with Gasteiger partial charge in [0.05, 0.1) is 5.60 Å². The van der Waals surface area contributed by atoms with Crippen molar-refractivity contribution in [3.05, 3.63) is 0 Å². The monoisotopic (exact) mass is 215 g/mol. The molecule has 3 heteroatoms. The van der Waals surface area contributed by atoms with Crippen LogP contribution >= 0.6 is 0 Å². The third-order valence-corrected chi connectivity index (χ3v) is 3.15. The zero-order valence-corrected chi connectivity index (χ0v) is 10.3. The van der Waals surface area contributed by atoms with Crippen molar-refractivity contribution in [2.24, 2.45) is 11.1 Å². The van der Waals surface area contributed by atoms with Crippen LogP contribution in [0.25, 0.3) is 0 Å². The average Bonchev–Trinajstić information content (AvgIpc) is 2.17. The second kappa shape index (κ2) is 5.28. The Balaban J connectivity index is 2.33. The van der Waals surface area contributed by atoms with E-state index in [2.05, 4.69) is 20.8 Å². The highest BCUT2D eigenvalue weighted by atomic mass is 16.5. The van der Waals surface area contributed by atoms with E-state index in [1.54, 1.807) is 0 Å². The molecule has 0 aromatic rings. The van der Waals surface area contributed by atoms with Crippen LogP contribution in [0.2, 0.25) is 0 Å². The SMILES string of the molecule is CC(C)(C)OCCC1(CN)CCOCC1. The van der Waals surface area contributed by atoms with Crippen LogP contribution < -0.4 is 5.73 Å². The van der Waals surface area contributed by atoms with Gasteiger partial charge in [-0.1, -0.05) is 0 Å². The Kier molecular flexibility index (Phi) is 4.56. The zero-order chi connectivity index (χ0) is 11.4. The molecule has 15 heavy (non-hydrogen) atoms. The molecule has 0 saturated carbocycles. The largest absolute Gasteiger partial charge is 0.381 e. The van der Waals surface area contributed by atoms with Crippen molar-refractivity contribution in [1.82, 2.24) is 0 Å². The van der Waals surface area contributed by atoms with Crippen molar-refractivity contribution >= 4 is 0 Å². The summed E-state index contributed by atoms with van der Waals surface area (Å²) < 4.78 is 11.1. The second-order valence-electron chi connectivity index (χ2n) is 5.53. The number of hydrogen-bond acceptors (Lipinski definition) is 3. The summed E-state index contributed by atoms with van der Waals surface area (Å²) in [7, 11) is 0. The highest BCUT2D eigenvalue weighted by molar-refractivity contribution is 4.83. The molecule has 1 aliphatic rings. The maximum Gasteiger partial charge on any atom is 0.0598 e. The van der Waals surface area contributed by atoms with Crippen molar-refractivity contribution in [2.75, 3.05) is 26.4 Å². The van der Waals surface area contributed by atoms with Gasteiger partial charge in [0.1, 0.15) is 0 Å². The molecule has 0 radical (unpaired) electrons. The van der Waals surface area contributed by atoms with E-state index < -0.39 is 0 Å². The fourth-order valence-electron chi connectivity index (χ4n) is 1.93. The van der Waals surface area contributed by atoms with Crippen molar-refractivity contribution in [2.45, 2.75) is 45.6 Å². The summed E-state index contributed by atoms with van der Waals surface area (Å²) in [5, 5.41) is 0. The minimum Gasteiger partial charge on any atom is -0.381 e. The smallest absolute Gasteiger partial charge is 0.0598 e. The summed E-state index contributed by atoms with van der Waals surface area (Å²) in [5.74, 6) is 0. The van der Waals surface area contributed by atoms with Crippen LogP contribution in [0.3, 0.4) is 0 Å². The molecule has 1 rings (SSSR count). The van der Waals surface area contributed by atoms with Crippen LogP contribution in [0, 0.1) is 5.41 Å². The van der Waals surface area contributed by atoms with Crippen LogP contribution in [-0.4, -0.2) is 32.0 Å². The molecule has 1 fully saturated rings. The molecule has 1 aliphatic heterocycles. The average molecular weight is 215 g/mol. The highest BCUT2D eigenvalue weighted by Gasteiger charge is 2.31. The van der Waals surface area contributed by atoms with Crippen LogP contribution in [0.5, 0.6) is 0 Å². The van der Waals surface area contributed by atoms with E-state index in [0.29, 0.717) is 0 Å². The molecule has 90 valence electrons. The molecule has 1 heterocycles. The van der Waals surface area contributed by atoms with Gasteiger partial charge >= 0.3 is 0 Å². The standard InChI is InChI=1S/C12H25NO2/c1-11(2,3)15-9-6-12(10-13)4-7-14-8-5-12/h4-10,13H2,1-3H3. The minimum absolute atomic E-state index is 0.0407. The van der Waals surface area contributed by atoms with E-state index in [-0.39, 0.29) is 11.0 Å².